The van der Waals surface area contributed by atoms with Crippen molar-refractivity contribution < 1.29 is 0 Å². The molecule has 2 heteroatoms. The molecule has 0 bridgehead atoms. The molecular formula is C65H42N2. The number of aromatic nitrogens is 1. The molecule has 2 aliphatic carbocycles. The number of hydrogen-bond acceptors (Lipinski definition) is 1. The van der Waals surface area contributed by atoms with Crippen molar-refractivity contribution in [2.75, 3.05) is 4.90 Å². The van der Waals surface area contributed by atoms with Crippen molar-refractivity contribution in [1.29, 1.82) is 0 Å². The van der Waals surface area contributed by atoms with E-state index in [2.05, 4.69) is 264 Å². The third-order valence-electron chi connectivity index (χ3n) is 14.6. The van der Waals surface area contributed by atoms with Gasteiger partial charge in [0.15, 0.2) is 0 Å². The number of rotatable bonds is 6. The summed E-state index contributed by atoms with van der Waals surface area (Å²) >= 11 is 0. The standard InChI is InChI=1S/C65H42N2/c1-2-16-43(17-3-1)44-32-36-47(37-33-44)66(48-38-34-46(35-39-48)51-25-14-19-45-18-4-5-20-50(45)51)49-40-41-55-54-23-9-13-30-61(54)67(63(55)42-49)62-31-15-29-60-64(62)56-24-8-12-28-59(56)65(60)57-26-10-6-21-52(57)53-22-7-11-27-58(53)65/h1-42H. The predicted molar refractivity (Wildman–Crippen MR) is 280 cm³/mol. The number of anilines is 3. The average Bonchev–Trinajstić information content (AvgIpc) is 4.01. The molecule has 2 aliphatic rings. The van der Waals surface area contributed by atoms with E-state index < -0.39 is 5.41 Å². The molecule has 312 valence electrons. The highest BCUT2D eigenvalue weighted by atomic mass is 15.1. The van der Waals surface area contributed by atoms with Gasteiger partial charge in [0.05, 0.1) is 22.1 Å². The summed E-state index contributed by atoms with van der Waals surface area (Å²) in [6.07, 6.45) is 0. The number of fused-ring (bicyclic) bond motifs is 14. The molecule has 0 amide bonds. The SMILES string of the molecule is c1ccc(-c2ccc(N(c3ccc(-c4cccc5ccccc45)cc3)c3ccc4c5ccccc5n(-c5cccc6c5-c5ccccc5C65c6ccccc6-c6ccccc65)c4c3)cc2)cc1. The summed E-state index contributed by atoms with van der Waals surface area (Å²) in [6, 6.07) is 94.2. The van der Waals surface area contributed by atoms with Crippen LogP contribution < -0.4 is 4.90 Å². The summed E-state index contributed by atoms with van der Waals surface area (Å²) in [6.45, 7) is 0. The first-order chi connectivity index (χ1) is 33.3. The second-order valence-electron chi connectivity index (χ2n) is 18.0. The second kappa shape index (κ2) is 14.7. The predicted octanol–water partition coefficient (Wildman–Crippen LogP) is 17.1. The van der Waals surface area contributed by atoms with Gasteiger partial charge in [0.1, 0.15) is 0 Å². The molecule has 2 nitrogen and oxygen atoms in total. The van der Waals surface area contributed by atoms with Gasteiger partial charge in [-0.2, -0.15) is 0 Å². The van der Waals surface area contributed by atoms with E-state index in [1.54, 1.807) is 0 Å². The molecule has 67 heavy (non-hydrogen) atoms. The van der Waals surface area contributed by atoms with E-state index >= 15 is 0 Å². The summed E-state index contributed by atoms with van der Waals surface area (Å²) in [7, 11) is 0. The highest BCUT2D eigenvalue weighted by Crippen LogP contribution is 2.63. The molecule has 0 aliphatic heterocycles. The Morgan fingerprint density at radius 3 is 1.52 bits per heavy atom. The zero-order chi connectivity index (χ0) is 44.1. The van der Waals surface area contributed by atoms with E-state index in [-0.39, 0.29) is 0 Å². The van der Waals surface area contributed by atoms with Crippen molar-refractivity contribution in [2.45, 2.75) is 5.41 Å². The lowest BCUT2D eigenvalue weighted by Gasteiger charge is -2.30. The van der Waals surface area contributed by atoms with E-state index in [9.17, 15) is 0 Å². The summed E-state index contributed by atoms with van der Waals surface area (Å²) in [5.74, 6) is 0. The van der Waals surface area contributed by atoms with Gasteiger partial charge in [0, 0.05) is 33.4 Å². The lowest BCUT2D eigenvalue weighted by molar-refractivity contribution is 0.793. The van der Waals surface area contributed by atoms with Gasteiger partial charge < -0.3 is 9.47 Å². The largest absolute Gasteiger partial charge is 0.310 e. The molecule has 0 unspecified atom stereocenters. The Morgan fingerprint density at radius 1 is 0.299 bits per heavy atom. The molecule has 1 spiro atoms. The van der Waals surface area contributed by atoms with Gasteiger partial charge in [-0.15, -0.1) is 0 Å². The van der Waals surface area contributed by atoms with Crippen molar-refractivity contribution in [3.05, 3.63) is 277 Å². The van der Waals surface area contributed by atoms with Crippen LogP contribution in [0.5, 0.6) is 0 Å². The molecule has 14 rings (SSSR count). The molecule has 1 aromatic heterocycles. The first kappa shape index (κ1) is 37.6. The maximum Gasteiger partial charge on any atom is 0.0726 e. The van der Waals surface area contributed by atoms with Gasteiger partial charge in [0.2, 0.25) is 0 Å². The molecule has 11 aromatic carbocycles. The van der Waals surface area contributed by atoms with Crippen LogP contribution in [0.15, 0.2) is 255 Å². The molecule has 0 fully saturated rings. The minimum atomic E-state index is -0.431. The quantitative estimate of drug-likeness (QED) is 0.162. The second-order valence-corrected chi connectivity index (χ2v) is 18.0. The molecule has 0 saturated carbocycles. The van der Waals surface area contributed by atoms with E-state index in [0.29, 0.717) is 0 Å². The summed E-state index contributed by atoms with van der Waals surface area (Å²) in [5, 5.41) is 4.96. The summed E-state index contributed by atoms with van der Waals surface area (Å²) in [5.41, 5.74) is 21.8. The molecule has 12 aromatic rings. The van der Waals surface area contributed by atoms with Crippen LogP contribution in [0.3, 0.4) is 0 Å². The fourth-order valence-electron chi connectivity index (χ4n) is 11.8. The van der Waals surface area contributed by atoms with Gasteiger partial charge in [-0.05, 0) is 121 Å². The molecular weight excluding hydrogens is 809 g/mol. The lowest BCUT2D eigenvalue weighted by atomic mass is 9.70. The Kier molecular flexibility index (Phi) is 8.23. The first-order valence-corrected chi connectivity index (χ1v) is 23.3. The minimum absolute atomic E-state index is 0.431. The van der Waals surface area contributed by atoms with Crippen LogP contribution in [-0.2, 0) is 5.41 Å². The van der Waals surface area contributed by atoms with Crippen LogP contribution in [0, 0.1) is 0 Å². The van der Waals surface area contributed by atoms with Crippen LogP contribution in [0.4, 0.5) is 17.1 Å². The van der Waals surface area contributed by atoms with Crippen LogP contribution in [0.2, 0.25) is 0 Å². The van der Waals surface area contributed by atoms with E-state index in [1.165, 1.54) is 99.5 Å². The van der Waals surface area contributed by atoms with Crippen molar-refractivity contribution in [3.8, 4) is 50.2 Å². The molecule has 0 N–H and O–H groups in total. The Bertz CT molecular complexity index is 3860. The normalized spacial score (nSPS) is 12.9. The molecule has 0 radical (unpaired) electrons. The zero-order valence-electron chi connectivity index (χ0n) is 36.6. The van der Waals surface area contributed by atoms with Crippen LogP contribution in [-0.4, -0.2) is 4.57 Å². The van der Waals surface area contributed by atoms with Crippen LogP contribution in [0.1, 0.15) is 22.3 Å². The fraction of sp³-hybridized carbons (Fsp3) is 0.0154. The maximum atomic E-state index is 2.54. The average molecular weight is 851 g/mol. The van der Waals surface area contributed by atoms with Crippen molar-refractivity contribution in [1.82, 2.24) is 4.57 Å². The van der Waals surface area contributed by atoms with E-state index in [1.807, 2.05) is 0 Å². The Hall–Kier alpha value is -8.72. The van der Waals surface area contributed by atoms with Crippen LogP contribution >= 0.6 is 0 Å². The highest BCUT2D eigenvalue weighted by Gasteiger charge is 2.52. The lowest BCUT2D eigenvalue weighted by Crippen LogP contribution is -2.25. The Balaban J connectivity index is 0.989. The molecule has 0 atom stereocenters. The topological polar surface area (TPSA) is 8.17 Å². The Labute approximate surface area is 389 Å². The smallest absolute Gasteiger partial charge is 0.0726 e. The van der Waals surface area contributed by atoms with Gasteiger partial charge in [-0.3, -0.25) is 0 Å². The van der Waals surface area contributed by atoms with Gasteiger partial charge in [-0.1, -0.05) is 206 Å². The minimum Gasteiger partial charge on any atom is -0.310 e. The maximum absolute atomic E-state index is 2.54. The number of nitrogens with zero attached hydrogens (tertiary/aromatic N) is 2. The highest BCUT2D eigenvalue weighted by molar-refractivity contribution is 6.11. The third kappa shape index (κ3) is 5.45. The number of para-hydroxylation sites is 1. The fourth-order valence-corrected chi connectivity index (χ4v) is 11.8. The van der Waals surface area contributed by atoms with Gasteiger partial charge >= 0.3 is 0 Å². The first-order valence-electron chi connectivity index (χ1n) is 23.3. The van der Waals surface area contributed by atoms with Crippen molar-refractivity contribution in [2.24, 2.45) is 0 Å². The summed E-state index contributed by atoms with van der Waals surface area (Å²) in [4.78, 5) is 2.41. The summed E-state index contributed by atoms with van der Waals surface area (Å²) < 4.78 is 2.54. The van der Waals surface area contributed by atoms with Crippen LogP contribution in [0.25, 0.3) is 82.8 Å². The molecule has 1 heterocycles. The Morgan fingerprint density at radius 2 is 0.791 bits per heavy atom. The van der Waals surface area contributed by atoms with Crippen molar-refractivity contribution >= 4 is 49.6 Å². The molecule has 0 saturated heterocycles. The van der Waals surface area contributed by atoms with Gasteiger partial charge in [-0.25, -0.2) is 0 Å². The monoisotopic (exact) mass is 850 g/mol. The number of hydrogen-bond donors (Lipinski definition) is 0. The zero-order valence-corrected chi connectivity index (χ0v) is 36.6. The van der Waals surface area contributed by atoms with E-state index in [4.69, 9.17) is 0 Å². The third-order valence-corrected chi connectivity index (χ3v) is 14.6. The number of benzene rings is 11. The van der Waals surface area contributed by atoms with E-state index in [0.717, 1.165) is 22.6 Å². The van der Waals surface area contributed by atoms with Gasteiger partial charge in [0.25, 0.3) is 0 Å². The van der Waals surface area contributed by atoms with Crippen molar-refractivity contribution in [3.63, 3.8) is 0 Å².